The molecule has 0 saturated heterocycles. The van der Waals surface area contributed by atoms with E-state index >= 15 is 0 Å². The number of benzene rings is 1. The van der Waals surface area contributed by atoms with Crippen molar-refractivity contribution in [1.29, 1.82) is 0 Å². The molecule has 1 heteroatoms. The van der Waals surface area contributed by atoms with Crippen LogP contribution in [-0.2, 0) is 0 Å². The van der Waals surface area contributed by atoms with Gasteiger partial charge < -0.3 is 0 Å². The van der Waals surface area contributed by atoms with Crippen LogP contribution in [-0.4, -0.2) is 15.0 Å². The summed E-state index contributed by atoms with van der Waals surface area (Å²) in [7, 11) is 0. The van der Waals surface area contributed by atoms with Gasteiger partial charge in [0.25, 0.3) is 0 Å². The van der Waals surface area contributed by atoms with E-state index in [1.807, 2.05) is 0 Å². The second-order valence-corrected chi connectivity index (χ2v) is 4.94. The summed E-state index contributed by atoms with van der Waals surface area (Å²) in [5.41, 5.74) is 1.45. The van der Waals surface area contributed by atoms with Crippen molar-refractivity contribution in [3.63, 3.8) is 0 Å². The van der Waals surface area contributed by atoms with E-state index in [2.05, 4.69) is 38.1 Å². The van der Waals surface area contributed by atoms with Crippen LogP contribution in [0, 0.1) is 6.92 Å². The zero-order chi connectivity index (χ0) is 7.40. The molecule has 0 bridgehead atoms. The van der Waals surface area contributed by atoms with Crippen LogP contribution >= 0.6 is 0 Å². The average molecular weight is 199 g/mol. The molecule has 0 fully saturated rings. The predicted molar refractivity (Wildman–Crippen MR) is 47.0 cm³/mol. The van der Waals surface area contributed by atoms with Gasteiger partial charge in [0, 0.05) is 0 Å². The molecule has 1 aromatic carbocycles. The Balaban J connectivity index is 2.81. The summed E-state index contributed by atoms with van der Waals surface area (Å²) in [5.74, 6) is 0. The van der Waals surface area contributed by atoms with Crippen LogP contribution in [0.2, 0.25) is 5.32 Å². The van der Waals surface area contributed by atoms with Gasteiger partial charge >= 0.3 is 68.4 Å². The summed E-state index contributed by atoms with van der Waals surface area (Å²) in [6.07, 6.45) is 0. The molecule has 0 atom stereocenters. The van der Waals surface area contributed by atoms with E-state index in [4.69, 9.17) is 0 Å². The summed E-state index contributed by atoms with van der Waals surface area (Å²) >= 11 is 0.700. The monoisotopic (exact) mass is 200 g/mol. The molecule has 0 heterocycles. The quantitative estimate of drug-likeness (QED) is 0.637. The Morgan fingerprint density at radius 3 is 2.60 bits per heavy atom. The summed E-state index contributed by atoms with van der Waals surface area (Å²) < 4.78 is 1.55. The van der Waals surface area contributed by atoms with Gasteiger partial charge in [-0.2, -0.15) is 0 Å². The SMILES string of the molecule is CC[Se]c1ccccc1C. The molecule has 0 N–H and O–H groups in total. The second-order valence-electron chi connectivity index (χ2n) is 2.20. The first kappa shape index (κ1) is 7.84. The van der Waals surface area contributed by atoms with Crippen molar-refractivity contribution in [3.8, 4) is 0 Å². The minimum atomic E-state index is 0.700. The molecule has 0 aliphatic carbocycles. The van der Waals surface area contributed by atoms with Gasteiger partial charge in [-0.1, -0.05) is 0 Å². The van der Waals surface area contributed by atoms with E-state index < -0.39 is 0 Å². The molecule has 0 spiro atoms. The molecular formula is C9H12Se. The normalized spacial score (nSPS) is 9.80. The van der Waals surface area contributed by atoms with Crippen molar-refractivity contribution < 1.29 is 0 Å². The van der Waals surface area contributed by atoms with Gasteiger partial charge in [-0.15, -0.1) is 0 Å². The fourth-order valence-corrected chi connectivity index (χ4v) is 2.51. The molecule has 10 heavy (non-hydrogen) atoms. The third-order valence-corrected chi connectivity index (χ3v) is 3.61. The first-order valence-electron chi connectivity index (χ1n) is 3.53. The molecule has 0 saturated carbocycles. The van der Waals surface area contributed by atoms with Crippen molar-refractivity contribution in [2.75, 3.05) is 0 Å². The Hall–Kier alpha value is -0.261. The van der Waals surface area contributed by atoms with Gasteiger partial charge in [0.2, 0.25) is 0 Å². The molecule has 0 amide bonds. The molecule has 0 nitrogen and oxygen atoms in total. The molecular weight excluding hydrogens is 187 g/mol. The van der Waals surface area contributed by atoms with E-state index in [-0.39, 0.29) is 0 Å². The zero-order valence-electron chi connectivity index (χ0n) is 6.42. The third-order valence-electron chi connectivity index (χ3n) is 1.39. The van der Waals surface area contributed by atoms with Crippen molar-refractivity contribution in [1.82, 2.24) is 0 Å². The van der Waals surface area contributed by atoms with E-state index in [0.29, 0.717) is 15.0 Å². The summed E-state index contributed by atoms with van der Waals surface area (Å²) in [4.78, 5) is 0. The molecule has 1 rings (SSSR count). The summed E-state index contributed by atoms with van der Waals surface area (Å²) in [6, 6.07) is 8.65. The Kier molecular flexibility index (Phi) is 2.98. The maximum atomic E-state index is 2.24. The van der Waals surface area contributed by atoms with Gasteiger partial charge in [0.15, 0.2) is 0 Å². The Morgan fingerprint density at radius 1 is 1.30 bits per heavy atom. The molecule has 0 aliphatic rings. The van der Waals surface area contributed by atoms with Crippen LogP contribution in [0.4, 0.5) is 0 Å². The standard InChI is InChI=1S/C9H12Se/c1-3-10-9-7-5-4-6-8(9)2/h4-7H,3H2,1-2H3. The van der Waals surface area contributed by atoms with Gasteiger partial charge in [0.1, 0.15) is 0 Å². The van der Waals surface area contributed by atoms with Crippen molar-refractivity contribution in [2.24, 2.45) is 0 Å². The van der Waals surface area contributed by atoms with E-state index in [1.54, 1.807) is 4.46 Å². The first-order valence-corrected chi connectivity index (χ1v) is 5.60. The van der Waals surface area contributed by atoms with E-state index in [1.165, 1.54) is 10.9 Å². The molecule has 54 valence electrons. The molecule has 1 aromatic rings. The Bertz CT molecular complexity index is 206. The van der Waals surface area contributed by atoms with Gasteiger partial charge in [-0.05, 0) is 0 Å². The van der Waals surface area contributed by atoms with Crippen LogP contribution < -0.4 is 4.46 Å². The summed E-state index contributed by atoms with van der Waals surface area (Å²) in [6.45, 7) is 4.43. The fraction of sp³-hybridized carbons (Fsp3) is 0.333. The number of rotatable bonds is 2. The average Bonchev–Trinajstić information content (AvgIpc) is 1.94. The van der Waals surface area contributed by atoms with Crippen molar-refractivity contribution >= 4 is 19.4 Å². The maximum absolute atomic E-state index is 2.24. The third kappa shape index (κ3) is 1.86. The number of hydrogen-bond donors (Lipinski definition) is 0. The van der Waals surface area contributed by atoms with Crippen LogP contribution in [0.15, 0.2) is 24.3 Å². The van der Waals surface area contributed by atoms with Gasteiger partial charge in [-0.3, -0.25) is 0 Å². The number of hydrogen-bond acceptors (Lipinski definition) is 0. The van der Waals surface area contributed by atoms with Crippen molar-refractivity contribution in [3.05, 3.63) is 29.8 Å². The van der Waals surface area contributed by atoms with Crippen LogP contribution in [0.5, 0.6) is 0 Å². The van der Waals surface area contributed by atoms with Gasteiger partial charge in [-0.25, -0.2) is 0 Å². The molecule has 0 unspecified atom stereocenters. The van der Waals surface area contributed by atoms with Crippen LogP contribution in [0.25, 0.3) is 0 Å². The summed E-state index contributed by atoms with van der Waals surface area (Å²) in [5, 5.41) is 1.30. The first-order chi connectivity index (χ1) is 4.84. The van der Waals surface area contributed by atoms with Crippen molar-refractivity contribution in [2.45, 2.75) is 19.2 Å². The predicted octanol–water partition coefficient (Wildman–Crippen LogP) is 1.76. The van der Waals surface area contributed by atoms with Gasteiger partial charge in [0.05, 0.1) is 0 Å². The molecule has 0 aliphatic heterocycles. The van der Waals surface area contributed by atoms with E-state index in [0.717, 1.165) is 0 Å². The minimum absolute atomic E-state index is 0.700. The fourth-order valence-electron chi connectivity index (χ4n) is 0.874. The Labute approximate surface area is 68.8 Å². The van der Waals surface area contributed by atoms with Crippen LogP contribution in [0.1, 0.15) is 12.5 Å². The topological polar surface area (TPSA) is 0 Å². The molecule has 0 radical (unpaired) electrons. The van der Waals surface area contributed by atoms with Crippen LogP contribution in [0.3, 0.4) is 0 Å². The zero-order valence-corrected chi connectivity index (χ0v) is 8.14. The number of aryl methyl sites for hydroxylation is 1. The molecule has 0 aromatic heterocycles. The Morgan fingerprint density at radius 2 is 2.00 bits per heavy atom. The van der Waals surface area contributed by atoms with E-state index in [9.17, 15) is 0 Å². The second kappa shape index (κ2) is 3.80.